The van der Waals surface area contributed by atoms with E-state index >= 15 is 0 Å². The standard InChI is InChI=1S/C16H27N3O/c1-6-12(5)10-18-16(20)13-8-14(11(3)4)19-15(9-13)17-7-2/h8-9,11-12H,6-7,10H2,1-5H3,(H,17,19)(H,18,20). The molecule has 1 atom stereocenters. The molecule has 1 aromatic heterocycles. The normalized spacial score (nSPS) is 12.3. The number of hydrogen-bond acceptors (Lipinski definition) is 3. The summed E-state index contributed by atoms with van der Waals surface area (Å²) in [7, 11) is 0. The van der Waals surface area contributed by atoms with Crippen molar-refractivity contribution in [1.82, 2.24) is 10.3 Å². The van der Waals surface area contributed by atoms with Crippen LogP contribution in [0.25, 0.3) is 0 Å². The minimum Gasteiger partial charge on any atom is -0.370 e. The van der Waals surface area contributed by atoms with Crippen LogP contribution < -0.4 is 10.6 Å². The second-order valence-electron chi connectivity index (χ2n) is 5.57. The van der Waals surface area contributed by atoms with Gasteiger partial charge in [-0.2, -0.15) is 0 Å². The average molecular weight is 277 g/mol. The lowest BCUT2D eigenvalue weighted by atomic mass is 10.1. The highest BCUT2D eigenvalue weighted by molar-refractivity contribution is 5.95. The Morgan fingerprint density at radius 2 is 1.95 bits per heavy atom. The maximum atomic E-state index is 12.2. The van der Waals surface area contributed by atoms with Crippen molar-refractivity contribution < 1.29 is 4.79 Å². The molecule has 4 heteroatoms. The summed E-state index contributed by atoms with van der Waals surface area (Å²) in [6.07, 6.45) is 1.07. The Morgan fingerprint density at radius 1 is 1.25 bits per heavy atom. The summed E-state index contributed by atoms with van der Waals surface area (Å²) in [5.41, 5.74) is 1.63. The molecule has 0 saturated carbocycles. The van der Waals surface area contributed by atoms with E-state index in [4.69, 9.17) is 0 Å². The minimum atomic E-state index is -0.0197. The van der Waals surface area contributed by atoms with Crippen LogP contribution in [0.3, 0.4) is 0 Å². The monoisotopic (exact) mass is 277 g/mol. The van der Waals surface area contributed by atoms with E-state index in [1.165, 1.54) is 0 Å². The molecule has 0 aliphatic heterocycles. The maximum absolute atomic E-state index is 12.2. The largest absolute Gasteiger partial charge is 0.370 e. The van der Waals surface area contributed by atoms with Gasteiger partial charge < -0.3 is 10.6 Å². The van der Waals surface area contributed by atoms with E-state index in [9.17, 15) is 4.79 Å². The number of nitrogens with one attached hydrogen (secondary N) is 2. The first-order chi connectivity index (χ1) is 9.47. The summed E-state index contributed by atoms with van der Waals surface area (Å²) in [6.45, 7) is 12.0. The van der Waals surface area contributed by atoms with Gasteiger partial charge in [-0.25, -0.2) is 4.98 Å². The van der Waals surface area contributed by atoms with Gasteiger partial charge in [0.15, 0.2) is 0 Å². The molecule has 1 aromatic rings. The third-order valence-electron chi connectivity index (χ3n) is 3.36. The topological polar surface area (TPSA) is 54.0 Å². The molecule has 1 amide bonds. The van der Waals surface area contributed by atoms with Crippen LogP contribution in [0.5, 0.6) is 0 Å². The first kappa shape index (κ1) is 16.5. The molecule has 112 valence electrons. The summed E-state index contributed by atoms with van der Waals surface area (Å²) in [6, 6.07) is 3.71. The molecule has 0 aliphatic rings. The number of carbonyl (C=O) groups is 1. The van der Waals surface area contributed by atoms with E-state index in [0.29, 0.717) is 23.9 Å². The van der Waals surface area contributed by atoms with Gasteiger partial charge in [0.05, 0.1) is 0 Å². The molecular formula is C16H27N3O. The Morgan fingerprint density at radius 3 is 2.50 bits per heavy atom. The number of carbonyl (C=O) groups excluding carboxylic acids is 1. The van der Waals surface area contributed by atoms with E-state index < -0.39 is 0 Å². The quantitative estimate of drug-likeness (QED) is 0.803. The summed E-state index contributed by atoms with van der Waals surface area (Å²) in [4.78, 5) is 16.8. The molecule has 0 radical (unpaired) electrons. The number of amides is 1. The SMILES string of the molecule is CCNc1cc(C(=O)NCC(C)CC)cc(C(C)C)n1. The van der Waals surface area contributed by atoms with Crippen LogP contribution in [0.2, 0.25) is 0 Å². The molecule has 20 heavy (non-hydrogen) atoms. The summed E-state index contributed by atoms with van der Waals surface area (Å²) in [5, 5.41) is 6.17. The zero-order chi connectivity index (χ0) is 15.1. The zero-order valence-electron chi connectivity index (χ0n) is 13.3. The van der Waals surface area contributed by atoms with E-state index in [1.54, 1.807) is 0 Å². The van der Waals surface area contributed by atoms with E-state index in [1.807, 2.05) is 19.1 Å². The fourth-order valence-electron chi connectivity index (χ4n) is 1.76. The molecule has 0 saturated heterocycles. The Balaban J connectivity index is 2.89. The summed E-state index contributed by atoms with van der Waals surface area (Å²) < 4.78 is 0. The van der Waals surface area contributed by atoms with Gasteiger partial charge in [-0.3, -0.25) is 4.79 Å². The number of pyridine rings is 1. The second-order valence-corrected chi connectivity index (χ2v) is 5.57. The first-order valence-corrected chi connectivity index (χ1v) is 7.51. The number of hydrogen-bond donors (Lipinski definition) is 2. The third kappa shape index (κ3) is 4.83. The van der Waals surface area contributed by atoms with Crippen LogP contribution in [0, 0.1) is 5.92 Å². The lowest BCUT2D eigenvalue weighted by Gasteiger charge is -2.13. The van der Waals surface area contributed by atoms with Gasteiger partial charge in [0.2, 0.25) is 0 Å². The van der Waals surface area contributed by atoms with Gasteiger partial charge in [-0.05, 0) is 30.9 Å². The highest BCUT2D eigenvalue weighted by atomic mass is 16.1. The fourth-order valence-corrected chi connectivity index (χ4v) is 1.76. The molecule has 1 rings (SSSR count). The van der Waals surface area contributed by atoms with Crippen molar-refractivity contribution >= 4 is 11.7 Å². The van der Waals surface area contributed by atoms with E-state index in [-0.39, 0.29) is 5.91 Å². The molecular weight excluding hydrogens is 250 g/mol. The number of nitrogens with zero attached hydrogens (tertiary/aromatic N) is 1. The van der Waals surface area contributed by atoms with Crippen LogP contribution in [0.15, 0.2) is 12.1 Å². The van der Waals surface area contributed by atoms with E-state index in [2.05, 4.69) is 43.3 Å². The van der Waals surface area contributed by atoms with Crippen molar-refractivity contribution in [2.45, 2.75) is 47.0 Å². The Hall–Kier alpha value is -1.58. The fraction of sp³-hybridized carbons (Fsp3) is 0.625. The predicted octanol–water partition coefficient (Wildman–Crippen LogP) is 3.41. The van der Waals surface area contributed by atoms with Gasteiger partial charge in [-0.1, -0.05) is 34.1 Å². The van der Waals surface area contributed by atoms with Gasteiger partial charge in [0.1, 0.15) is 5.82 Å². The summed E-state index contributed by atoms with van der Waals surface area (Å²) >= 11 is 0. The minimum absolute atomic E-state index is 0.0197. The first-order valence-electron chi connectivity index (χ1n) is 7.51. The molecule has 0 bridgehead atoms. The van der Waals surface area contributed by atoms with Crippen molar-refractivity contribution in [2.24, 2.45) is 5.92 Å². The van der Waals surface area contributed by atoms with Gasteiger partial charge in [0.25, 0.3) is 5.91 Å². The summed E-state index contributed by atoms with van der Waals surface area (Å²) in [5.74, 6) is 1.55. The van der Waals surface area contributed by atoms with Gasteiger partial charge in [-0.15, -0.1) is 0 Å². The van der Waals surface area contributed by atoms with Crippen LogP contribution in [0.4, 0.5) is 5.82 Å². The van der Waals surface area contributed by atoms with E-state index in [0.717, 1.165) is 24.5 Å². The van der Waals surface area contributed by atoms with Crippen LogP contribution >= 0.6 is 0 Å². The van der Waals surface area contributed by atoms with Gasteiger partial charge in [0, 0.05) is 24.3 Å². The third-order valence-corrected chi connectivity index (χ3v) is 3.36. The second kappa shape index (κ2) is 7.88. The van der Waals surface area contributed by atoms with Crippen LogP contribution in [-0.2, 0) is 0 Å². The van der Waals surface area contributed by atoms with Crippen molar-refractivity contribution in [2.75, 3.05) is 18.4 Å². The zero-order valence-corrected chi connectivity index (χ0v) is 13.3. The van der Waals surface area contributed by atoms with Crippen molar-refractivity contribution in [3.05, 3.63) is 23.4 Å². The predicted molar refractivity (Wildman–Crippen MR) is 84.3 cm³/mol. The van der Waals surface area contributed by atoms with Crippen LogP contribution in [-0.4, -0.2) is 24.0 Å². The molecule has 0 aromatic carbocycles. The maximum Gasteiger partial charge on any atom is 0.251 e. The lowest BCUT2D eigenvalue weighted by Crippen LogP contribution is -2.28. The molecule has 0 aliphatic carbocycles. The molecule has 1 heterocycles. The Kier molecular flexibility index (Phi) is 6.49. The molecule has 4 nitrogen and oxygen atoms in total. The molecule has 0 fully saturated rings. The van der Waals surface area contributed by atoms with Crippen molar-refractivity contribution in [3.63, 3.8) is 0 Å². The smallest absolute Gasteiger partial charge is 0.251 e. The van der Waals surface area contributed by atoms with Crippen LogP contribution in [0.1, 0.15) is 63.0 Å². The van der Waals surface area contributed by atoms with Crippen molar-refractivity contribution in [3.8, 4) is 0 Å². The molecule has 1 unspecified atom stereocenters. The Bertz CT molecular complexity index is 443. The average Bonchev–Trinajstić information content (AvgIpc) is 2.44. The number of aromatic nitrogens is 1. The number of anilines is 1. The Labute approximate surface area is 122 Å². The number of rotatable bonds is 7. The highest BCUT2D eigenvalue weighted by Crippen LogP contribution is 2.17. The molecule has 0 spiro atoms. The van der Waals surface area contributed by atoms with Crippen molar-refractivity contribution in [1.29, 1.82) is 0 Å². The van der Waals surface area contributed by atoms with Gasteiger partial charge >= 0.3 is 0 Å². The lowest BCUT2D eigenvalue weighted by molar-refractivity contribution is 0.0947. The molecule has 2 N–H and O–H groups in total. The highest BCUT2D eigenvalue weighted by Gasteiger charge is 2.12.